The molecule has 3 atom stereocenters. The Balaban J connectivity index is 1.51. The Morgan fingerprint density at radius 1 is 1.17 bits per heavy atom. The van der Waals surface area contributed by atoms with E-state index >= 15 is 0 Å². The van der Waals surface area contributed by atoms with E-state index in [0.717, 1.165) is 5.56 Å². The average Bonchev–Trinajstić information content (AvgIpc) is 3.65. The summed E-state index contributed by atoms with van der Waals surface area (Å²) in [5, 5.41) is 16.7. The van der Waals surface area contributed by atoms with Gasteiger partial charge in [0.15, 0.2) is 0 Å². The molecule has 0 spiro atoms. The second-order valence-corrected chi connectivity index (χ2v) is 14.8. The summed E-state index contributed by atoms with van der Waals surface area (Å²) in [5.41, 5.74) is 3.51. The first kappa shape index (κ1) is 34.0. The third kappa shape index (κ3) is 8.32. The Hall–Kier alpha value is -2.50. The second kappa shape index (κ2) is 13.0. The maximum Gasteiger partial charge on any atom is 0.533 e. The van der Waals surface area contributed by atoms with Gasteiger partial charge in [-0.05, 0) is 48.4 Å². The van der Waals surface area contributed by atoms with E-state index in [-0.39, 0.29) is 24.9 Å². The van der Waals surface area contributed by atoms with Crippen LogP contribution in [0.3, 0.4) is 0 Å². The number of aliphatic hydroxyl groups is 1. The van der Waals surface area contributed by atoms with Gasteiger partial charge in [0, 0.05) is 36.4 Å². The van der Waals surface area contributed by atoms with Crippen LogP contribution in [0.2, 0.25) is 5.02 Å². The van der Waals surface area contributed by atoms with E-state index in [1.54, 1.807) is 43.0 Å². The molecule has 0 bridgehead atoms. The maximum atomic E-state index is 13.6. The zero-order valence-corrected chi connectivity index (χ0v) is 26.7. The van der Waals surface area contributed by atoms with E-state index in [2.05, 4.69) is 10.6 Å². The molecule has 0 aromatic heterocycles. The van der Waals surface area contributed by atoms with Gasteiger partial charge in [0.05, 0.1) is 12.1 Å². The molecule has 3 rings (SSSR count). The zero-order valence-electron chi connectivity index (χ0n) is 25.1. The van der Waals surface area contributed by atoms with Crippen LogP contribution in [0.5, 0.6) is 0 Å². The number of urea groups is 1. The minimum atomic E-state index is -2.15. The van der Waals surface area contributed by atoms with Gasteiger partial charge in [-0.3, -0.25) is 10.5 Å². The number of piperidine rings is 1. The van der Waals surface area contributed by atoms with E-state index in [9.17, 15) is 24.1 Å². The first-order valence-corrected chi connectivity index (χ1v) is 15.5. The SMILES string of the molecule is CC(C)[C@@H](NC(=O)NCC(C)(C)OC(=O)OCO[P+](=O)C1(N)CC1)C(=O)N1CC[C@](O)(c2ccc(Cl)cc2)C(C)(C)C1. The molecule has 5 N–H and O–H groups in total. The van der Waals surface area contributed by atoms with Crippen LogP contribution in [-0.4, -0.2) is 71.5 Å². The van der Waals surface area contributed by atoms with Gasteiger partial charge in [-0.25, -0.2) is 9.59 Å². The van der Waals surface area contributed by atoms with Gasteiger partial charge in [-0.1, -0.05) is 51.4 Å². The number of benzene rings is 1. The van der Waals surface area contributed by atoms with E-state index in [1.165, 1.54) is 0 Å². The number of likely N-dealkylation sites (tertiary alicyclic amines) is 1. The summed E-state index contributed by atoms with van der Waals surface area (Å²) in [6.07, 6.45) is 0.426. The van der Waals surface area contributed by atoms with Crippen molar-refractivity contribution in [1.82, 2.24) is 15.5 Å². The lowest BCUT2D eigenvalue weighted by Gasteiger charge is -2.51. The summed E-state index contributed by atoms with van der Waals surface area (Å²) in [6, 6.07) is 5.64. The van der Waals surface area contributed by atoms with Crippen molar-refractivity contribution in [3.63, 3.8) is 0 Å². The Labute approximate surface area is 252 Å². The zero-order chi connectivity index (χ0) is 31.5. The van der Waals surface area contributed by atoms with Crippen LogP contribution in [0, 0.1) is 11.3 Å². The number of amides is 3. The lowest BCUT2D eigenvalue weighted by molar-refractivity contribution is -0.155. The van der Waals surface area contributed by atoms with E-state index in [4.69, 9.17) is 31.3 Å². The van der Waals surface area contributed by atoms with Crippen molar-refractivity contribution < 1.29 is 38.1 Å². The number of rotatable bonds is 11. The number of carbonyl (C=O) groups excluding carboxylic acids is 3. The summed E-state index contributed by atoms with van der Waals surface area (Å²) < 4.78 is 26.9. The summed E-state index contributed by atoms with van der Waals surface area (Å²) in [6.45, 7) is 10.5. The quantitative estimate of drug-likeness (QED) is 0.159. The lowest BCUT2D eigenvalue weighted by atomic mass is 9.66. The van der Waals surface area contributed by atoms with Crippen LogP contribution >= 0.6 is 19.6 Å². The van der Waals surface area contributed by atoms with Gasteiger partial charge in [0.25, 0.3) is 0 Å². The van der Waals surface area contributed by atoms with E-state index in [0.29, 0.717) is 30.8 Å². The monoisotopic (exact) mass is 629 g/mol. The highest BCUT2D eigenvalue weighted by Crippen LogP contribution is 2.53. The Morgan fingerprint density at radius 2 is 1.79 bits per heavy atom. The van der Waals surface area contributed by atoms with Crippen LogP contribution in [0.1, 0.15) is 66.4 Å². The molecule has 1 aliphatic carbocycles. The number of carbonyl (C=O) groups is 3. The summed E-state index contributed by atoms with van der Waals surface area (Å²) in [4.78, 5) is 40.1. The van der Waals surface area contributed by atoms with Crippen molar-refractivity contribution in [3.05, 3.63) is 34.9 Å². The standard InChI is InChI=1S/C28H42ClN4O8P/c1-18(2)21(22(34)33-14-13-28(37,25(3,4)16-33)19-7-9-20(29)10-8-19)32-23(35)31-15-26(5,6)41-24(36)39-17-40-42(38)27(30)11-12-27/h7-10,18,21,37H,11-17,30H2,1-6H3,(H-,31,32,35)/p+1/t21-,28+/m1/s1. The summed E-state index contributed by atoms with van der Waals surface area (Å²) in [5.74, 6) is -0.480. The molecular weight excluding hydrogens is 587 g/mol. The summed E-state index contributed by atoms with van der Waals surface area (Å²) >= 11 is 6.03. The molecule has 2 aliphatic rings. The molecule has 1 saturated heterocycles. The number of nitrogens with zero attached hydrogens (tertiary/aromatic N) is 1. The van der Waals surface area contributed by atoms with Crippen molar-refractivity contribution in [2.45, 2.75) is 83.3 Å². The topological polar surface area (TPSA) is 170 Å². The number of nitrogens with one attached hydrogen (secondary N) is 2. The first-order valence-electron chi connectivity index (χ1n) is 14.0. The molecule has 2 fully saturated rings. The van der Waals surface area contributed by atoms with Crippen LogP contribution < -0.4 is 16.4 Å². The van der Waals surface area contributed by atoms with Crippen LogP contribution in [-0.2, 0) is 29.0 Å². The smallest absolute Gasteiger partial charge is 0.426 e. The molecular formula is C28H43ClN4O8P+. The van der Waals surface area contributed by atoms with Gasteiger partial charge in [-0.15, -0.1) is 4.52 Å². The van der Waals surface area contributed by atoms with Gasteiger partial charge < -0.3 is 30.1 Å². The Bertz CT molecular complexity index is 1170. The summed E-state index contributed by atoms with van der Waals surface area (Å²) in [7, 11) is -2.15. The fourth-order valence-electron chi connectivity index (χ4n) is 4.82. The predicted octanol–water partition coefficient (Wildman–Crippen LogP) is 4.21. The average molecular weight is 630 g/mol. The fourth-order valence-corrected chi connectivity index (χ4v) is 5.83. The van der Waals surface area contributed by atoms with Crippen LogP contribution in [0.15, 0.2) is 24.3 Å². The van der Waals surface area contributed by atoms with Gasteiger partial charge in [0.1, 0.15) is 11.6 Å². The van der Waals surface area contributed by atoms with Crippen molar-refractivity contribution in [2.24, 2.45) is 17.1 Å². The molecule has 12 nitrogen and oxygen atoms in total. The highest BCUT2D eigenvalue weighted by atomic mass is 35.5. The fraction of sp³-hybridized carbons (Fsp3) is 0.679. The number of hydrogen-bond acceptors (Lipinski definition) is 9. The minimum absolute atomic E-state index is 0.0845. The minimum Gasteiger partial charge on any atom is -0.426 e. The third-order valence-corrected chi connectivity index (χ3v) is 9.58. The highest BCUT2D eigenvalue weighted by Gasteiger charge is 2.59. The number of ether oxygens (including phenoxy) is 2. The van der Waals surface area contributed by atoms with Crippen molar-refractivity contribution >= 4 is 37.7 Å². The number of halogens is 1. The maximum absolute atomic E-state index is 13.6. The highest BCUT2D eigenvalue weighted by molar-refractivity contribution is 7.41. The third-order valence-electron chi connectivity index (χ3n) is 7.81. The molecule has 14 heteroatoms. The Kier molecular flexibility index (Phi) is 10.5. The van der Waals surface area contributed by atoms with Crippen molar-refractivity contribution in [2.75, 3.05) is 26.4 Å². The van der Waals surface area contributed by atoms with Crippen LogP contribution in [0.25, 0.3) is 0 Å². The molecule has 1 aromatic carbocycles. The van der Waals surface area contributed by atoms with E-state index < -0.39 is 54.9 Å². The van der Waals surface area contributed by atoms with Gasteiger partial charge in [-0.2, -0.15) is 0 Å². The second-order valence-electron chi connectivity index (χ2n) is 12.7. The Morgan fingerprint density at radius 3 is 2.33 bits per heavy atom. The lowest BCUT2D eigenvalue weighted by Crippen LogP contribution is -2.61. The largest absolute Gasteiger partial charge is 0.533 e. The molecule has 1 heterocycles. The molecule has 1 aromatic rings. The van der Waals surface area contributed by atoms with Gasteiger partial charge in [0.2, 0.25) is 18.0 Å². The van der Waals surface area contributed by atoms with Gasteiger partial charge >= 0.3 is 20.2 Å². The number of nitrogens with two attached hydrogens (primary N) is 1. The number of hydrogen-bond donors (Lipinski definition) is 4. The molecule has 42 heavy (non-hydrogen) atoms. The molecule has 3 amide bonds. The normalized spacial score (nSPS) is 22.1. The predicted molar refractivity (Wildman–Crippen MR) is 157 cm³/mol. The van der Waals surface area contributed by atoms with Crippen LogP contribution in [0.4, 0.5) is 9.59 Å². The molecule has 1 unspecified atom stereocenters. The molecule has 1 saturated carbocycles. The van der Waals surface area contributed by atoms with Crippen molar-refractivity contribution in [1.29, 1.82) is 0 Å². The molecule has 234 valence electrons. The molecule has 1 aliphatic heterocycles. The molecule has 0 radical (unpaired) electrons. The van der Waals surface area contributed by atoms with Crippen molar-refractivity contribution in [3.8, 4) is 0 Å². The van der Waals surface area contributed by atoms with E-state index in [1.807, 2.05) is 27.7 Å². The first-order chi connectivity index (χ1) is 19.4.